The van der Waals surface area contributed by atoms with Crippen LogP contribution in [0, 0.1) is 11.6 Å². The zero-order valence-electron chi connectivity index (χ0n) is 9.88. The van der Waals surface area contributed by atoms with Gasteiger partial charge in [-0.15, -0.1) is 5.10 Å². The molecule has 0 spiro atoms. The molecule has 1 N–H and O–H groups in total. The van der Waals surface area contributed by atoms with Crippen LogP contribution in [0.1, 0.15) is 5.56 Å². The number of benzene rings is 1. The van der Waals surface area contributed by atoms with Crippen molar-refractivity contribution in [3.63, 3.8) is 0 Å². The summed E-state index contributed by atoms with van der Waals surface area (Å²) in [4.78, 5) is 11.5. The number of nitrogens with zero attached hydrogens (tertiary/aromatic N) is 4. The molecule has 0 atom stereocenters. The highest BCUT2D eigenvalue weighted by Gasteiger charge is 2.09. The molecule has 1 aromatic heterocycles. The van der Waals surface area contributed by atoms with Gasteiger partial charge in [-0.3, -0.25) is 4.79 Å². The van der Waals surface area contributed by atoms with E-state index >= 15 is 0 Å². The molecule has 0 saturated carbocycles. The van der Waals surface area contributed by atoms with Crippen molar-refractivity contribution in [2.75, 3.05) is 6.54 Å². The van der Waals surface area contributed by atoms with E-state index in [1.54, 1.807) is 0 Å². The predicted molar refractivity (Wildman–Crippen MR) is 60.9 cm³/mol. The van der Waals surface area contributed by atoms with Crippen molar-refractivity contribution in [1.29, 1.82) is 0 Å². The number of nitrogens with one attached hydrogen (secondary N) is 1. The van der Waals surface area contributed by atoms with Gasteiger partial charge in [0.05, 0.1) is 0 Å². The molecule has 0 saturated heterocycles. The molecule has 8 heteroatoms. The number of halogens is 2. The lowest BCUT2D eigenvalue weighted by Gasteiger charge is -2.06. The minimum atomic E-state index is -0.616. The molecule has 0 fully saturated rings. The Hall–Kier alpha value is -2.38. The summed E-state index contributed by atoms with van der Waals surface area (Å²) in [5.74, 6) is -1.56. The topological polar surface area (TPSA) is 72.7 Å². The predicted octanol–water partition coefficient (Wildman–Crippen LogP) is 0.310. The Balaban J connectivity index is 1.82. The van der Waals surface area contributed by atoms with E-state index in [9.17, 15) is 13.6 Å². The van der Waals surface area contributed by atoms with Crippen molar-refractivity contribution in [2.45, 2.75) is 13.0 Å². The molecule has 1 heterocycles. The molecule has 0 aliphatic carbocycles. The van der Waals surface area contributed by atoms with Crippen molar-refractivity contribution in [3.8, 4) is 0 Å². The summed E-state index contributed by atoms with van der Waals surface area (Å²) in [5, 5.41) is 12.8. The van der Waals surface area contributed by atoms with Gasteiger partial charge in [-0.2, -0.15) is 0 Å². The second-order valence-corrected chi connectivity index (χ2v) is 3.81. The van der Waals surface area contributed by atoms with Gasteiger partial charge in [0.15, 0.2) is 0 Å². The van der Waals surface area contributed by atoms with Crippen LogP contribution in [0.15, 0.2) is 24.5 Å². The fourth-order valence-electron chi connectivity index (χ4n) is 1.55. The summed E-state index contributed by atoms with van der Waals surface area (Å²) in [6.45, 7) is 0.103. The number of rotatable bonds is 5. The Kier molecular flexibility index (Phi) is 4.11. The number of aromatic nitrogens is 4. The third-order valence-electron chi connectivity index (χ3n) is 2.46. The Labute approximate surface area is 107 Å². The second kappa shape index (κ2) is 5.98. The standard InChI is InChI=1S/C11H11F2N5O/c12-9-2-1-3-10(13)8(9)4-5-14-11(19)6-18-7-15-16-17-18/h1-3,7H,4-6H2,(H,14,19). The zero-order chi connectivity index (χ0) is 13.7. The first-order valence-electron chi connectivity index (χ1n) is 5.57. The monoisotopic (exact) mass is 267 g/mol. The van der Waals surface area contributed by atoms with Crippen molar-refractivity contribution >= 4 is 5.91 Å². The number of tetrazole rings is 1. The minimum Gasteiger partial charge on any atom is -0.354 e. The Bertz CT molecular complexity index is 538. The zero-order valence-corrected chi connectivity index (χ0v) is 9.88. The van der Waals surface area contributed by atoms with E-state index in [0.717, 1.165) is 0 Å². The lowest BCUT2D eigenvalue weighted by atomic mass is 10.1. The lowest BCUT2D eigenvalue weighted by molar-refractivity contribution is -0.121. The smallest absolute Gasteiger partial charge is 0.241 e. The summed E-state index contributed by atoms with van der Waals surface area (Å²) >= 11 is 0. The van der Waals surface area contributed by atoms with Crippen LogP contribution >= 0.6 is 0 Å². The van der Waals surface area contributed by atoms with E-state index in [1.165, 1.54) is 29.2 Å². The summed E-state index contributed by atoms with van der Waals surface area (Å²) in [7, 11) is 0. The maximum atomic E-state index is 13.3. The average molecular weight is 267 g/mol. The van der Waals surface area contributed by atoms with Gasteiger partial charge in [0.1, 0.15) is 24.5 Å². The van der Waals surface area contributed by atoms with Crippen molar-refractivity contribution in [3.05, 3.63) is 41.7 Å². The van der Waals surface area contributed by atoms with Crippen LogP contribution in [0.5, 0.6) is 0 Å². The van der Waals surface area contributed by atoms with E-state index in [4.69, 9.17) is 0 Å². The highest BCUT2D eigenvalue weighted by molar-refractivity contribution is 5.75. The summed E-state index contributed by atoms with van der Waals surface area (Å²) in [6, 6.07) is 3.66. The van der Waals surface area contributed by atoms with Gasteiger partial charge in [0, 0.05) is 12.1 Å². The van der Waals surface area contributed by atoms with Crippen LogP contribution in [-0.2, 0) is 17.8 Å². The molecular formula is C11H11F2N5O. The third-order valence-corrected chi connectivity index (χ3v) is 2.46. The maximum absolute atomic E-state index is 13.3. The molecule has 0 radical (unpaired) electrons. The number of carbonyl (C=O) groups is 1. The number of carbonyl (C=O) groups excluding carboxylic acids is 1. The fourth-order valence-corrected chi connectivity index (χ4v) is 1.55. The molecular weight excluding hydrogens is 256 g/mol. The van der Waals surface area contributed by atoms with Crippen LogP contribution in [-0.4, -0.2) is 32.7 Å². The van der Waals surface area contributed by atoms with Crippen LogP contribution in [0.3, 0.4) is 0 Å². The van der Waals surface area contributed by atoms with Crippen LogP contribution in [0.25, 0.3) is 0 Å². The van der Waals surface area contributed by atoms with E-state index in [2.05, 4.69) is 20.8 Å². The number of hydrogen-bond donors (Lipinski definition) is 1. The van der Waals surface area contributed by atoms with Gasteiger partial charge < -0.3 is 5.32 Å². The van der Waals surface area contributed by atoms with Gasteiger partial charge >= 0.3 is 0 Å². The van der Waals surface area contributed by atoms with E-state index in [-0.39, 0.29) is 31.0 Å². The molecule has 19 heavy (non-hydrogen) atoms. The minimum absolute atomic E-state index is 0.0350. The van der Waals surface area contributed by atoms with Gasteiger partial charge in [-0.05, 0) is 29.0 Å². The fraction of sp³-hybridized carbons (Fsp3) is 0.273. The maximum Gasteiger partial charge on any atom is 0.241 e. The molecule has 1 aromatic carbocycles. The van der Waals surface area contributed by atoms with E-state index < -0.39 is 11.6 Å². The first-order valence-corrected chi connectivity index (χ1v) is 5.57. The summed E-state index contributed by atoms with van der Waals surface area (Å²) < 4.78 is 27.8. The molecule has 2 rings (SSSR count). The molecule has 0 aliphatic heterocycles. The highest BCUT2D eigenvalue weighted by Crippen LogP contribution is 2.11. The van der Waals surface area contributed by atoms with Gasteiger partial charge in [-0.25, -0.2) is 13.5 Å². The SMILES string of the molecule is O=C(Cn1cnnn1)NCCc1c(F)cccc1F. The van der Waals surface area contributed by atoms with Crippen molar-refractivity contribution in [1.82, 2.24) is 25.5 Å². The molecule has 0 bridgehead atoms. The van der Waals surface area contributed by atoms with E-state index in [1.807, 2.05) is 0 Å². The Morgan fingerprint density at radius 2 is 2.05 bits per heavy atom. The van der Waals surface area contributed by atoms with Crippen LogP contribution < -0.4 is 5.32 Å². The quantitative estimate of drug-likeness (QED) is 0.846. The second-order valence-electron chi connectivity index (χ2n) is 3.81. The Morgan fingerprint density at radius 3 is 2.68 bits per heavy atom. The van der Waals surface area contributed by atoms with Crippen LogP contribution in [0.2, 0.25) is 0 Å². The van der Waals surface area contributed by atoms with E-state index in [0.29, 0.717) is 0 Å². The first kappa shape index (κ1) is 13.1. The van der Waals surface area contributed by atoms with Gasteiger partial charge in [0.25, 0.3) is 0 Å². The first-order chi connectivity index (χ1) is 9.16. The molecule has 1 amide bonds. The third kappa shape index (κ3) is 3.54. The lowest BCUT2D eigenvalue weighted by Crippen LogP contribution is -2.29. The van der Waals surface area contributed by atoms with Crippen molar-refractivity contribution in [2.24, 2.45) is 0 Å². The number of hydrogen-bond acceptors (Lipinski definition) is 4. The van der Waals surface area contributed by atoms with Crippen LogP contribution in [0.4, 0.5) is 8.78 Å². The van der Waals surface area contributed by atoms with Gasteiger partial charge in [-0.1, -0.05) is 6.07 Å². The summed E-state index contributed by atoms with van der Waals surface area (Å²) in [6.07, 6.45) is 1.38. The summed E-state index contributed by atoms with van der Waals surface area (Å²) in [5.41, 5.74) is -0.0368. The molecule has 6 nitrogen and oxygen atoms in total. The number of amides is 1. The Morgan fingerprint density at radius 1 is 1.32 bits per heavy atom. The molecule has 0 unspecified atom stereocenters. The normalized spacial score (nSPS) is 10.4. The molecule has 100 valence electrons. The highest BCUT2D eigenvalue weighted by atomic mass is 19.1. The largest absolute Gasteiger partial charge is 0.354 e. The average Bonchev–Trinajstić information content (AvgIpc) is 2.85. The molecule has 0 aliphatic rings. The van der Waals surface area contributed by atoms with Gasteiger partial charge in [0.2, 0.25) is 5.91 Å². The molecule has 2 aromatic rings. The van der Waals surface area contributed by atoms with Crippen molar-refractivity contribution < 1.29 is 13.6 Å².